The zero-order valence-electron chi connectivity index (χ0n) is 21.7. The molecule has 3 rings (SSSR count). The number of methoxy groups -OCH3 is 1. The first kappa shape index (κ1) is 30.0. The lowest BCUT2D eigenvalue weighted by atomic mass is 10.2. The average molecular weight is 588 g/mol. The van der Waals surface area contributed by atoms with Gasteiger partial charge in [-0.1, -0.05) is 24.9 Å². The highest BCUT2D eigenvalue weighted by Crippen LogP contribution is 2.35. The van der Waals surface area contributed by atoms with Crippen LogP contribution < -0.4 is 19.1 Å². The molecule has 38 heavy (non-hydrogen) atoms. The fourth-order valence-electron chi connectivity index (χ4n) is 4.29. The molecule has 210 valence electrons. The van der Waals surface area contributed by atoms with Crippen molar-refractivity contribution in [1.82, 2.24) is 9.62 Å². The highest BCUT2D eigenvalue weighted by Gasteiger charge is 2.33. The lowest BCUT2D eigenvalue weighted by Gasteiger charge is -2.31. The van der Waals surface area contributed by atoms with Crippen molar-refractivity contribution in [3.63, 3.8) is 0 Å². The number of ether oxygens (including phenoxy) is 2. The number of amides is 1. The Bertz CT molecular complexity index is 1310. The molecule has 13 heteroatoms. The quantitative estimate of drug-likeness (QED) is 0.378. The number of carbonyl (C=O) groups is 1. The summed E-state index contributed by atoms with van der Waals surface area (Å²) in [5, 5.41) is 3.01. The number of anilines is 1. The third kappa shape index (κ3) is 7.31. The maximum absolute atomic E-state index is 13.0. The van der Waals surface area contributed by atoms with Crippen LogP contribution >= 0.6 is 11.6 Å². The third-order valence-electron chi connectivity index (χ3n) is 6.15. The van der Waals surface area contributed by atoms with E-state index in [4.69, 9.17) is 21.1 Å². The van der Waals surface area contributed by atoms with Crippen molar-refractivity contribution < 1.29 is 31.1 Å². The van der Waals surface area contributed by atoms with Crippen molar-refractivity contribution in [2.75, 3.05) is 43.9 Å². The molecular formula is C25H34ClN3O7S2. The Balaban J connectivity index is 1.62. The summed E-state index contributed by atoms with van der Waals surface area (Å²) in [6.07, 6.45) is 3.97. The molecule has 1 aliphatic rings. The van der Waals surface area contributed by atoms with E-state index in [9.17, 15) is 21.6 Å². The summed E-state index contributed by atoms with van der Waals surface area (Å²) in [5.74, 6) is 0.206. The van der Waals surface area contributed by atoms with Crippen molar-refractivity contribution in [3.8, 4) is 11.5 Å². The Morgan fingerprint density at radius 2 is 1.74 bits per heavy atom. The van der Waals surface area contributed by atoms with E-state index in [1.807, 2.05) is 0 Å². The highest BCUT2D eigenvalue weighted by molar-refractivity contribution is 7.92. The topological polar surface area (TPSA) is 122 Å². The van der Waals surface area contributed by atoms with Crippen LogP contribution in [0.4, 0.5) is 5.69 Å². The van der Waals surface area contributed by atoms with Crippen LogP contribution in [-0.2, 0) is 24.8 Å². The molecule has 10 nitrogen and oxygen atoms in total. The summed E-state index contributed by atoms with van der Waals surface area (Å²) in [6.45, 7) is 2.96. The highest BCUT2D eigenvalue weighted by atomic mass is 35.5. The van der Waals surface area contributed by atoms with Crippen LogP contribution in [-0.4, -0.2) is 72.7 Å². The predicted molar refractivity (Wildman–Crippen MR) is 147 cm³/mol. The molecule has 1 atom stereocenters. The summed E-state index contributed by atoms with van der Waals surface area (Å²) < 4.78 is 64.5. The number of halogens is 1. The van der Waals surface area contributed by atoms with Gasteiger partial charge in [0.25, 0.3) is 0 Å². The number of sulfonamides is 2. The molecule has 1 aliphatic heterocycles. The van der Waals surface area contributed by atoms with E-state index in [0.717, 1.165) is 29.8 Å². The van der Waals surface area contributed by atoms with Gasteiger partial charge in [-0.25, -0.2) is 16.8 Å². The zero-order chi connectivity index (χ0) is 27.9. The largest absolute Gasteiger partial charge is 0.495 e. The Morgan fingerprint density at radius 1 is 1.08 bits per heavy atom. The molecule has 1 fully saturated rings. The van der Waals surface area contributed by atoms with Crippen LogP contribution in [0.2, 0.25) is 5.02 Å². The molecule has 1 heterocycles. The van der Waals surface area contributed by atoms with E-state index in [2.05, 4.69) is 5.32 Å². The van der Waals surface area contributed by atoms with Gasteiger partial charge in [0.1, 0.15) is 24.1 Å². The monoisotopic (exact) mass is 587 g/mol. The maximum Gasteiger partial charge on any atom is 0.244 e. The van der Waals surface area contributed by atoms with Crippen molar-refractivity contribution in [1.29, 1.82) is 0 Å². The lowest BCUT2D eigenvalue weighted by Crippen LogP contribution is -2.50. The van der Waals surface area contributed by atoms with Crippen LogP contribution in [0.25, 0.3) is 0 Å². The standard InChI is InChI=1S/C25H34ClN3O7S2/c1-4-22(29(37(3,31)32)23-18-19(26)8-13-24(23)35-2)25(30)27-14-17-36-20-9-11-21(12-10-20)38(33,34)28-15-6-5-7-16-28/h8-13,18,22H,4-7,14-17H2,1-3H3,(H,27,30)/t22-/m1/s1. The van der Waals surface area contributed by atoms with Crippen molar-refractivity contribution in [3.05, 3.63) is 47.5 Å². The molecule has 0 spiro atoms. The molecule has 0 radical (unpaired) electrons. The summed E-state index contributed by atoms with van der Waals surface area (Å²) >= 11 is 6.10. The molecular weight excluding hydrogens is 554 g/mol. The number of benzene rings is 2. The van der Waals surface area contributed by atoms with Gasteiger partial charge in [-0.3, -0.25) is 9.10 Å². The van der Waals surface area contributed by atoms with E-state index in [-0.39, 0.29) is 35.9 Å². The zero-order valence-corrected chi connectivity index (χ0v) is 24.1. The second-order valence-electron chi connectivity index (χ2n) is 8.87. The number of piperidine rings is 1. The summed E-state index contributed by atoms with van der Waals surface area (Å²) in [5.41, 5.74) is 0.167. The van der Waals surface area contributed by atoms with Gasteiger partial charge in [-0.15, -0.1) is 0 Å². The summed E-state index contributed by atoms with van der Waals surface area (Å²) in [4.78, 5) is 13.2. The third-order valence-corrected chi connectivity index (χ3v) is 9.47. The minimum absolute atomic E-state index is 0.0970. The second-order valence-corrected chi connectivity index (χ2v) is 13.1. The number of nitrogens with zero attached hydrogens (tertiary/aromatic N) is 2. The second kappa shape index (κ2) is 13.0. The van der Waals surface area contributed by atoms with E-state index < -0.39 is 32.0 Å². The lowest BCUT2D eigenvalue weighted by molar-refractivity contribution is -0.122. The fraction of sp³-hybridized carbons (Fsp3) is 0.480. The number of carbonyl (C=O) groups excluding carboxylic acids is 1. The molecule has 1 saturated heterocycles. The van der Waals surface area contributed by atoms with E-state index in [1.54, 1.807) is 25.1 Å². The van der Waals surface area contributed by atoms with Gasteiger partial charge < -0.3 is 14.8 Å². The maximum atomic E-state index is 13.0. The van der Waals surface area contributed by atoms with Gasteiger partial charge in [0.05, 0.1) is 30.5 Å². The Kier molecular flexibility index (Phi) is 10.3. The molecule has 1 N–H and O–H groups in total. The molecule has 0 unspecified atom stereocenters. The van der Waals surface area contributed by atoms with Gasteiger partial charge in [0.2, 0.25) is 26.0 Å². The van der Waals surface area contributed by atoms with E-state index >= 15 is 0 Å². The van der Waals surface area contributed by atoms with Gasteiger partial charge in [-0.05, 0) is 61.7 Å². The van der Waals surface area contributed by atoms with Crippen LogP contribution in [0, 0.1) is 0 Å². The first-order valence-electron chi connectivity index (χ1n) is 12.3. The fourth-order valence-corrected chi connectivity index (χ4v) is 7.18. The normalized spacial score (nSPS) is 15.5. The SMILES string of the molecule is CC[C@H](C(=O)NCCOc1ccc(S(=O)(=O)N2CCCCC2)cc1)N(c1cc(Cl)ccc1OC)S(C)(=O)=O. The minimum Gasteiger partial charge on any atom is -0.495 e. The van der Waals surface area contributed by atoms with E-state index in [0.29, 0.717) is 23.9 Å². The van der Waals surface area contributed by atoms with Gasteiger partial charge in [0, 0.05) is 18.1 Å². The average Bonchev–Trinajstić information content (AvgIpc) is 2.89. The number of nitrogens with one attached hydrogen (secondary N) is 1. The smallest absolute Gasteiger partial charge is 0.244 e. The summed E-state index contributed by atoms with van der Waals surface area (Å²) in [6, 6.07) is 9.66. The van der Waals surface area contributed by atoms with Gasteiger partial charge in [-0.2, -0.15) is 4.31 Å². The molecule has 1 amide bonds. The number of hydrogen-bond donors (Lipinski definition) is 1. The van der Waals surface area contributed by atoms with Crippen LogP contribution in [0.5, 0.6) is 11.5 Å². The Labute approximate surface area is 230 Å². The first-order chi connectivity index (χ1) is 18.0. The summed E-state index contributed by atoms with van der Waals surface area (Å²) in [7, 11) is -6.00. The van der Waals surface area contributed by atoms with Crippen molar-refractivity contribution in [2.45, 2.75) is 43.5 Å². The number of rotatable bonds is 12. The Morgan fingerprint density at radius 3 is 2.32 bits per heavy atom. The molecule has 0 bridgehead atoms. The van der Waals surface area contributed by atoms with Crippen LogP contribution in [0.15, 0.2) is 47.4 Å². The molecule has 2 aromatic rings. The first-order valence-corrected chi connectivity index (χ1v) is 16.0. The van der Waals surface area contributed by atoms with E-state index in [1.165, 1.54) is 35.7 Å². The molecule has 0 aromatic heterocycles. The van der Waals surface area contributed by atoms with Gasteiger partial charge in [0.15, 0.2) is 0 Å². The number of hydrogen-bond acceptors (Lipinski definition) is 7. The van der Waals surface area contributed by atoms with Gasteiger partial charge >= 0.3 is 0 Å². The van der Waals surface area contributed by atoms with Crippen LogP contribution in [0.3, 0.4) is 0 Å². The predicted octanol–water partition coefficient (Wildman–Crippen LogP) is 3.26. The molecule has 2 aromatic carbocycles. The van der Waals surface area contributed by atoms with Crippen LogP contribution in [0.1, 0.15) is 32.6 Å². The minimum atomic E-state index is -3.87. The van der Waals surface area contributed by atoms with Crippen molar-refractivity contribution in [2.24, 2.45) is 0 Å². The Hall–Kier alpha value is -2.54. The van der Waals surface area contributed by atoms with Crippen molar-refractivity contribution >= 4 is 43.2 Å². The molecule has 0 saturated carbocycles. The molecule has 0 aliphatic carbocycles.